The molecule has 3 nitrogen and oxygen atoms in total. The van der Waals surface area contributed by atoms with Crippen LogP contribution in [0.4, 0.5) is 14.9 Å². The molecule has 0 aromatic heterocycles. The molecule has 81 valence electrons. The molecule has 0 aliphatic heterocycles. The summed E-state index contributed by atoms with van der Waals surface area (Å²) in [6.45, 7) is 0. The van der Waals surface area contributed by atoms with Crippen LogP contribution in [0.1, 0.15) is 0 Å². The summed E-state index contributed by atoms with van der Waals surface area (Å²) in [5.41, 5.74) is 0.159. The first-order valence-electron chi connectivity index (χ1n) is 4.80. The molecular formula is C12H10FN2O. The number of carbonyl (C=O) groups is 1. The highest BCUT2D eigenvalue weighted by molar-refractivity contribution is 5.90. The van der Waals surface area contributed by atoms with Gasteiger partial charge in [0, 0.05) is 0 Å². The lowest BCUT2D eigenvalue weighted by molar-refractivity contribution is 0.253. The van der Waals surface area contributed by atoms with Crippen LogP contribution in [0.5, 0.6) is 0 Å². The van der Waals surface area contributed by atoms with Crippen molar-refractivity contribution < 1.29 is 9.18 Å². The van der Waals surface area contributed by atoms with Crippen molar-refractivity contribution in [3.63, 3.8) is 0 Å². The monoisotopic (exact) mass is 217 g/mol. The largest absolute Gasteiger partial charge is 0.329 e. The second kappa shape index (κ2) is 4.96. The highest BCUT2D eigenvalue weighted by Gasteiger charge is 2.19. The van der Waals surface area contributed by atoms with Gasteiger partial charge in [-0.1, -0.05) is 12.1 Å². The Balaban J connectivity index is 1.89. The molecule has 0 bridgehead atoms. The summed E-state index contributed by atoms with van der Waals surface area (Å²) in [6, 6.07) is 6.22. The second-order valence-electron chi connectivity index (χ2n) is 3.23. The van der Waals surface area contributed by atoms with Crippen LogP contribution in [0.15, 0.2) is 24.3 Å². The van der Waals surface area contributed by atoms with E-state index in [2.05, 4.69) is 10.6 Å². The number of urea groups is 1. The molecule has 1 saturated carbocycles. The van der Waals surface area contributed by atoms with E-state index in [-0.39, 0.29) is 5.69 Å². The Kier molecular flexibility index (Phi) is 3.39. The third kappa shape index (κ3) is 2.72. The van der Waals surface area contributed by atoms with Gasteiger partial charge in [0.1, 0.15) is 5.82 Å². The third-order valence-corrected chi connectivity index (χ3v) is 2.04. The molecule has 0 heterocycles. The average Bonchev–Trinajstić information content (AvgIpc) is 2.74. The second-order valence-corrected chi connectivity index (χ2v) is 3.23. The molecule has 1 aliphatic rings. The van der Waals surface area contributed by atoms with Gasteiger partial charge in [0.05, 0.1) is 11.7 Å². The number of amides is 2. The van der Waals surface area contributed by atoms with Crippen molar-refractivity contribution in [2.24, 2.45) is 0 Å². The summed E-state index contributed by atoms with van der Waals surface area (Å²) < 4.78 is 13.2. The molecule has 2 N–H and O–H groups in total. The zero-order valence-corrected chi connectivity index (χ0v) is 8.41. The Labute approximate surface area is 94.0 Å². The predicted octanol–water partition coefficient (Wildman–Crippen LogP) is 2.31. The highest BCUT2D eigenvalue weighted by Crippen LogP contribution is 2.20. The zero-order valence-electron chi connectivity index (χ0n) is 8.41. The van der Waals surface area contributed by atoms with E-state index in [4.69, 9.17) is 0 Å². The van der Waals surface area contributed by atoms with Crippen LogP contribution in [0.3, 0.4) is 0 Å². The number of nitrogens with one attached hydrogen (secondary N) is 2. The van der Waals surface area contributed by atoms with E-state index in [1.807, 2.05) is 0 Å². The molecule has 0 atom stereocenters. The van der Waals surface area contributed by atoms with Gasteiger partial charge in [-0.25, -0.2) is 9.18 Å². The fourth-order valence-electron chi connectivity index (χ4n) is 1.30. The maximum absolute atomic E-state index is 13.2. The van der Waals surface area contributed by atoms with Crippen LogP contribution in [-0.2, 0) is 0 Å². The zero-order chi connectivity index (χ0) is 11.4. The van der Waals surface area contributed by atoms with E-state index < -0.39 is 11.8 Å². The van der Waals surface area contributed by atoms with E-state index in [1.165, 1.54) is 12.1 Å². The van der Waals surface area contributed by atoms with E-state index in [9.17, 15) is 9.18 Å². The van der Waals surface area contributed by atoms with Crippen molar-refractivity contribution in [2.75, 3.05) is 5.32 Å². The number of anilines is 1. The highest BCUT2D eigenvalue weighted by atomic mass is 19.1. The Bertz CT molecular complexity index is 375. The molecule has 4 heteroatoms. The van der Waals surface area contributed by atoms with Gasteiger partial charge in [-0.2, -0.15) is 0 Å². The van der Waals surface area contributed by atoms with Crippen LogP contribution in [0, 0.1) is 37.5 Å². The van der Waals surface area contributed by atoms with E-state index in [1.54, 1.807) is 37.8 Å². The summed E-state index contributed by atoms with van der Waals surface area (Å²) in [5.74, 6) is -0.458. The number of para-hydroxylation sites is 1. The van der Waals surface area contributed by atoms with Crippen molar-refractivity contribution in [1.29, 1.82) is 0 Å². The fourth-order valence-corrected chi connectivity index (χ4v) is 1.30. The number of benzene rings is 1. The molecule has 0 spiro atoms. The molecule has 1 aromatic carbocycles. The summed E-state index contributed by atoms with van der Waals surface area (Å²) in [4.78, 5) is 11.4. The first-order valence-corrected chi connectivity index (χ1v) is 4.80. The van der Waals surface area contributed by atoms with Gasteiger partial charge in [0.25, 0.3) is 0 Å². The molecule has 0 saturated heterocycles. The first kappa shape index (κ1) is 10.9. The van der Waals surface area contributed by atoms with Gasteiger partial charge in [-0.15, -0.1) is 0 Å². The van der Waals surface area contributed by atoms with Gasteiger partial charge in [-0.05, 0) is 37.8 Å². The van der Waals surface area contributed by atoms with E-state index in [0.717, 1.165) is 0 Å². The summed E-state index contributed by atoms with van der Waals surface area (Å²) >= 11 is 0. The van der Waals surface area contributed by atoms with Crippen molar-refractivity contribution in [3.05, 3.63) is 61.8 Å². The van der Waals surface area contributed by atoms with Crippen LogP contribution >= 0.6 is 0 Å². The molecule has 0 unspecified atom stereocenters. The normalized spacial score (nSPS) is 16.1. The van der Waals surface area contributed by atoms with Crippen molar-refractivity contribution in [3.8, 4) is 0 Å². The summed E-state index contributed by atoms with van der Waals surface area (Å²) in [6.07, 6.45) is 7.11. The Morgan fingerprint density at radius 3 is 2.44 bits per heavy atom. The fraction of sp³-hybridized carbons (Fsp3) is 0. The average molecular weight is 217 g/mol. The molecule has 1 fully saturated rings. The molecular weight excluding hydrogens is 207 g/mol. The maximum atomic E-state index is 13.2. The van der Waals surface area contributed by atoms with E-state index >= 15 is 0 Å². The maximum Gasteiger partial charge on any atom is 0.319 e. The molecule has 16 heavy (non-hydrogen) atoms. The minimum absolute atomic E-state index is 0.159. The lowest BCUT2D eigenvalue weighted by Crippen LogP contribution is -2.31. The van der Waals surface area contributed by atoms with Crippen molar-refractivity contribution in [2.45, 2.75) is 0 Å². The summed E-state index contributed by atoms with van der Waals surface area (Å²) in [7, 11) is 0. The minimum atomic E-state index is -0.462. The molecule has 2 amide bonds. The van der Waals surface area contributed by atoms with Gasteiger partial charge < -0.3 is 10.6 Å². The van der Waals surface area contributed by atoms with Crippen molar-refractivity contribution >= 4 is 11.7 Å². The smallest absolute Gasteiger partial charge is 0.319 e. The Hall–Kier alpha value is -1.58. The van der Waals surface area contributed by atoms with Crippen molar-refractivity contribution in [1.82, 2.24) is 5.32 Å². The standard InChI is InChI=1S/C12H10FN2O/c13-10-7-3-4-8-11(10)15-12(16)14-9-5-1-2-6-9/h1-8H,(H2,14,15,16). The Morgan fingerprint density at radius 2 is 1.75 bits per heavy atom. The summed E-state index contributed by atoms with van der Waals surface area (Å²) in [5, 5.41) is 5.00. The number of rotatable bonds is 2. The van der Waals surface area contributed by atoms with Gasteiger partial charge in [0.15, 0.2) is 0 Å². The number of hydrogen-bond donors (Lipinski definition) is 2. The lowest BCUT2D eigenvalue weighted by Gasteiger charge is -2.11. The van der Waals surface area contributed by atoms with Crippen LogP contribution in [0.25, 0.3) is 0 Å². The number of carbonyl (C=O) groups excluding carboxylic acids is 1. The first-order chi connectivity index (χ1) is 7.75. The quantitative estimate of drug-likeness (QED) is 0.784. The molecule has 1 aliphatic carbocycles. The Morgan fingerprint density at radius 1 is 1.06 bits per heavy atom. The lowest BCUT2D eigenvalue weighted by atomic mass is 10.2. The third-order valence-electron chi connectivity index (χ3n) is 2.04. The molecule has 2 rings (SSSR count). The van der Waals surface area contributed by atoms with Crippen LogP contribution in [-0.4, -0.2) is 6.03 Å². The van der Waals surface area contributed by atoms with Crippen LogP contribution < -0.4 is 10.6 Å². The van der Waals surface area contributed by atoms with Gasteiger partial charge in [-0.3, -0.25) is 0 Å². The number of halogens is 1. The van der Waals surface area contributed by atoms with Crippen LogP contribution in [0.2, 0.25) is 0 Å². The van der Waals surface area contributed by atoms with E-state index in [0.29, 0.717) is 6.04 Å². The minimum Gasteiger partial charge on any atom is -0.329 e. The van der Waals surface area contributed by atoms with Gasteiger partial charge in [0.2, 0.25) is 0 Å². The topological polar surface area (TPSA) is 41.1 Å². The molecule has 5 radical (unpaired) electrons. The number of hydrogen-bond acceptors (Lipinski definition) is 1. The SMILES string of the molecule is O=C(N[C]1[CH][CH][CH][CH]1)Nc1ccccc1F. The molecule has 1 aromatic rings. The van der Waals surface area contributed by atoms with Gasteiger partial charge >= 0.3 is 6.03 Å². The predicted molar refractivity (Wildman–Crippen MR) is 59.0 cm³/mol.